The van der Waals surface area contributed by atoms with Crippen molar-refractivity contribution in [1.82, 2.24) is 0 Å². The maximum Gasteiger partial charge on any atom is 0.380 e. The lowest BCUT2D eigenvalue weighted by Gasteiger charge is -1.99. The van der Waals surface area contributed by atoms with Gasteiger partial charge in [-0.2, -0.15) is 9.78 Å². The molecule has 1 aliphatic rings. The minimum atomic E-state index is -0.776. The van der Waals surface area contributed by atoms with Crippen molar-refractivity contribution in [3.05, 3.63) is 12.8 Å². The van der Waals surface area contributed by atoms with Gasteiger partial charge in [-0.25, -0.2) is 0 Å². The molecule has 0 aromatic rings. The summed E-state index contributed by atoms with van der Waals surface area (Å²) in [4.78, 5) is 8.98. The van der Waals surface area contributed by atoms with Gasteiger partial charge in [0.25, 0.3) is 0 Å². The van der Waals surface area contributed by atoms with Crippen LogP contribution in [0.4, 0.5) is 0 Å². The molecule has 0 N–H and O–H groups in total. The van der Waals surface area contributed by atoms with Gasteiger partial charge in [0.1, 0.15) is 0 Å². The predicted octanol–water partition coefficient (Wildman–Crippen LogP) is 1.17. The number of hydrogen-bond acceptors (Lipinski definition) is 3. The molecule has 1 heterocycles. The number of hydrogen-bond donors (Lipinski definition) is 0. The van der Waals surface area contributed by atoms with Gasteiger partial charge in [-0.1, -0.05) is 13.5 Å². The molecule has 0 aliphatic carbocycles. The Kier molecular flexibility index (Phi) is 1.23. The average molecular weight is 116 g/mol. The SMILES string of the molecule is C=COC1(CC)OO1. The first kappa shape index (κ1) is 5.59. The van der Waals surface area contributed by atoms with Gasteiger partial charge in [0.15, 0.2) is 0 Å². The maximum atomic E-state index is 4.81. The topological polar surface area (TPSA) is 34.3 Å². The second-order valence-corrected chi connectivity index (χ2v) is 1.49. The molecule has 1 saturated heterocycles. The Hall–Kier alpha value is -0.540. The molecule has 0 amide bonds. The smallest absolute Gasteiger partial charge is 0.380 e. The maximum absolute atomic E-state index is 4.81. The Morgan fingerprint density at radius 3 is 2.50 bits per heavy atom. The molecule has 0 radical (unpaired) electrons. The summed E-state index contributed by atoms with van der Waals surface area (Å²) in [5.41, 5.74) is 0. The normalized spacial score (nSPS) is 22.1. The molecule has 0 aromatic heterocycles. The predicted molar refractivity (Wildman–Crippen MR) is 26.5 cm³/mol. The third-order valence-corrected chi connectivity index (χ3v) is 0.965. The highest BCUT2D eigenvalue weighted by Gasteiger charge is 2.49. The quantitative estimate of drug-likeness (QED) is 0.315. The van der Waals surface area contributed by atoms with E-state index in [0.29, 0.717) is 6.42 Å². The van der Waals surface area contributed by atoms with E-state index >= 15 is 0 Å². The minimum Gasteiger partial charge on any atom is -0.444 e. The van der Waals surface area contributed by atoms with E-state index in [2.05, 4.69) is 16.4 Å². The molecule has 1 rings (SSSR count). The third-order valence-electron chi connectivity index (χ3n) is 0.965. The lowest BCUT2D eigenvalue weighted by atomic mass is 10.4. The molecule has 8 heavy (non-hydrogen) atoms. The molecule has 0 unspecified atom stereocenters. The van der Waals surface area contributed by atoms with Crippen LogP contribution in [0.1, 0.15) is 13.3 Å². The van der Waals surface area contributed by atoms with Gasteiger partial charge < -0.3 is 4.74 Å². The fourth-order valence-electron chi connectivity index (χ4n) is 0.414. The molecule has 46 valence electrons. The Balaban J connectivity index is 2.29. The molecule has 1 aliphatic heterocycles. The Morgan fingerprint density at radius 1 is 1.75 bits per heavy atom. The molecule has 3 nitrogen and oxygen atoms in total. The summed E-state index contributed by atoms with van der Waals surface area (Å²) in [7, 11) is 0. The van der Waals surface area contributed by atoms with E-state index in [1.54, 1.807) is 0 Å². The van der Waals surface area contributed by atoms with Crippen LogP contribution in [0.3, 0.4) is 0 Å². The van der Waals surface area contributed by atoms with Crippen molar-refractivity contribution in [3.63, 3.8) is 0 Å². The summed E-state index contributed by atoms with van der Waals surface area (Å²) in [6.07, 6.45) is 1.98. The van der Waals surface area contributed by atoms with Gasteiger partial charge in [0.2, 0.25) is 0 Å². The van der Waals surface area contributed by atoms with Crippen LogP contribution in [0.2, 0.25) is 0 Å². The van der Waals surface area contributed by atoms with Crippen LogP contribution in [0, 0.1) is 0 Å². The third kappa shape index (κ3) is 0.827. The highest BCUT2D eigenvalue weighted by atomic mass is 17.4. The van der Waals surface area contributed by atoms with E-state index in [1.165, 1.54) is 6.26 Å². The minimum absolute atomic E-state index is 0.680. The van der Waals surface area contributed by atoms with E-state index < -0.39 is 5.97 Å². The van der Waals surface area contributed by atoms with E-state index in [1.807, 2.05) is 6.92 Å². The molecule has 0 bridgehead atoms. The standard InChI is InChI=1S/C5H8O3/c1-3-5(6-4-2)7-8-5/h4H,2-3H2,1H3. The first-order valence-electron chi connectivity index (χ1n) is 2.48. The van der Waals surface area contributed by atoms with Crippen LogP contribution in [0.15, 0.2) is 12.8 Å². The molecule has 1 fully saturated rings. The van der Waals surface area contributed by atoms with Crippen LogP contribution >= 0.6 is 0 Å². The van der Waals surface area contributed by atoms with Gasteiger partial charge in [-0.3, -0.25) is 0 Å². The molecule has 0 spiro atoms. The zero-order valence-corrected chi connectivity index (χ0v) is 4.72. The van der Waals surface area contributed by atoms with E-state index in [9.17, 15) is 0 Å². The summed E-state index contributed by atoms with van der Waals surface area (Å²) in [5, 5.41) is 0. The van der Waals surface area contributed by atoms with Gasteiger partial charge in [0, 0.05) is 6.42 Å². The van der Waals surface area contributed by atoms with Crippen molar-refractivity contribution in [2.75, 3.05) is 0 Å². The Morgan fingerprint density at radius 2 is 2.38 bits per heavy atom. The van der Waals surface area contributed by atoms with Crippen molar-refractivity contribution < 1.29 is 14.5 Å². The summed E-state index contributed by atoms with van der Waals surface area (Å²) >= 11 is 0. The second kappa shape index (κ2) is 1.76. The lowest BCUT2D eigenvalue weighted by molar-refractivity contribution is 0.00914. The Bertz CT molecular complexity index is 95.8. The van der Waals surface area contributed by atoms with Gasteiger partial charge >= 0.3 is 5.97 Å². The summed E-state index contributed by atoms with van der Waals surface area (Å²) in [6.45, 7) is 5.25. The van der Waals surface area contributed by atoms with Gasteiger partial charge in [-0.15, -0.1) is 0 Å². The van der Waals surface area contributed by atoms with E-state index in [0.717, 1.165) is 0 Å². The largest absolute Gasteiger partial charge is 0.444 e. The summed E-state index contributed by atoms with van der Waals surface area (Å²) < 4.78 is 4.81. The van der Waals surface area contributed by atoms with Crippen LogP contribution in [0.25, 0.3) is 0 Å². The molecular formula is C5H8O3. The monoisotopic (exact) mass is 116 g/mol. The van der Waals surface area contributed by atoms with Crippen LogP contribution < -0.4 is 0 Å². The Labute approximate surface area is 47.8 Å². The van der Waals surface area contributed by atoms with Crippen LogP contribution in [-0.2, 0) is 14.5 Å². The van der Waals surface area contributed by atoms with Crippen molar-refractivity contribution in [2.24, 2.45) is 0 Å². The first-order chi connectivity index (χ1) is 3.83. The summed E-state index contributed by atoms with van der Waals surface area (Å²) in [6, 6.07) is 0. The highest BCUT2D eigenvalue weighted by Crippen LogP contribution is 2.33. The average Bonchev–Trinajstić information content (AvgIpc) is 2.50. The molecule has 0 saturated carbocycles. The zero-order chi connectivity index (χ0) is 6.04. The second-order valence-electron chi connectivity index (χ2n) is 1.49. The fraction of sp³-hybridized carbons (Fsp3) is 0.600. The zero-order valence-electron chi connectivity index (χ0n) is 4.72. The summed E-state index contributed by atoms with van der Waals surface area (Å²) in [5.74, 6) is -0.776. The molecular weight excluding hydrogens is 108 g/mol. The van der Waals surface area contributed by atoms with Crippen molar-refractivity contribution in [2.45, 2.75) is 19.3 Å². The van der Waals surface area contributed by atoms with Crippen LogP contribution in [-0.4, -0.2) is 5.97 Å². The van der Waals surface area contributed by atoms with Gasteiger partial charge in [0.05, 0.1) is 6.26 Å². The highest BCUT2D eigenvalue weighted by molar-refractivity contribution is 4.63. The van der Waals surface area contributed by atoms with Gasteiger partial charge in [-0.05, 0) is 0 Å². The van der Waals surface area contributed by atoms with E-state index in [-0.39, 0.29) is 0 Å². The number of ether oxygens (including phenoxy) is 1. The lowest BCUT2D eigenvalue weighted by Crippen LogP contribution is -2.08. The van der Waals surface area contributed by atoms with Crippen molar-refractivity contribution in [1.29, 1.82) is 0 Å². The van der Waals surface area contributed by atoms with Crippen LogP contribution in [0.5, 0.6) is 0 Å². The number of rotatable bonds is 3. The molecule has 0 atom stereocenters. The molecule has 3 heteroatoms. The first-order valence-corrected chi connectivity index (χ1v) is 2.48. The fourth-order valence-corrected chi connectivity index (χ4v) is 0.414. The van der Waals surface area contributed by atoms with Crippen molar-refractivity contribution in [3.8, 4) is 0 Å². The van der Waals surface area contributed by atoms with E-state index in [4.69, 9.17) is 4.74 Å². The van der Waals surface area contributed by atoms with Crippen molar-refractivity contribution >= 4 is 0 Å². The molecule has 0 aromatic carbocycles.